The number of ether oxygens (including phenoxy) is 4. The minimum atomic E-state index is -0.353. The highest BCUT2D eigenvalue weighted by molar-refractivity contribution is 9.09. The van der Waals surface area contributed by atoms with E-state index in [-0.39, 0.29) is 5.97 Å². The molecule has 0 heterocycles. The Labute approximate surface area is 158 Å². The van der Waals surface area contributed by atoms with E-state index in [2.05, 4.69) is 15.9 Å². The maximum absolute atomic E-state index is 11.8. The second-order valence-corrected chi connectivity index (χ2v) is 6.21. The van der Waals surface area contributed by atoms with Crippen LogP contribution in [0.15, 0.2) is 18.2 Å². The van der Waals surface area contributed by atoms with E-state index in [0.717, 1.165) is 23.7 Å². The SMILES string of the molecule is COc1cc(/C=C/C(=O)OCCCCCCCBr)cc(OC)c1OC. The molecule has 0 aliphatic heterocycles. The van der Waals surface area contributed by atoms with Gasteiger partial charge in [0, 0.05) is 11.4 Å². The van der Waals surface area contributed by atoms with Crippen LogP contribution < -0.4 is 14.2 Å². The molecule has 0 atom stereocenters. The minimum absolute atomic E-state index is 0.353. The highest BCUT2D eigenvalue weighted by Gasteiger charge is 2.12. The predicted octanol–water partition coefficient (Wildman–Crippen LogP) is 4.61. The zero-order chi connectivity index (χ0) is 18.5. The zero-order valence-electron chi connectivity index (χ0n) is 15.2. The van der Waals surface area contributed by atoms with Gasteiger partial charge in [-0.25, -0.2) is 4.79 Å². The molecular weight excluding hydrogens is 388 g/mol. The van der Waals surface area contributed by atoms with Crippen molar-refractivity contribution in [1.82, 2.24) is 0 Å². The van der Waals surface area contributed by atoms with Crippen LogP contribution in [0.25, 0.3) is 6.08 Å². The van der Waals surface area contributed by atoms with Crippen molar-refractivity contribution in [2.45, 2.75) is 32.1 Å². The Bertz CT molecular complexity index is 532. The van der Waals surface area contributed by atoms with Crippen molar-refractivity contribution in [3.8, 4) is 17.2 Å². The van der Waals surface area contributed by atoms with Gasteiger partial charge in [0.2, 0.25) is 5.75 Å². The first kappa shape index (κ1) is 21.4. The molecule has 1 rings (SSSR count). The van der Waals surface area contributed by atoms with E-state index in [0.29, 0.717) is 23.9 Å². The van der Waals surface area contributed by atoms with Crippen molar-refractivity contribution in [2.75, 3.05) is 33.3 Å². The number of carbonyl (C=O) groups is 1. The zero-order valence-corrected chi connectivity index (χ0v) is 16.8. The number of benzene rings is 1. The van der Waals surface area contributed by atoms with Crippen molar-refractivity contribution in [2.24, 2.45) is 0 Å². The molecule has 0 bridgehead atoms. The average Bonchev–Trinajstić information content (AvgIpc) is 2.64. The number of hydrogen-bond donors (Lipinski definition) is 0. The smallest absolute Gasteiger partial charge is 0.330 e. The summed E-state index contributed by atoms with van der Waals surface area (Å²) >= 11 is 3.41. The molecule has 25 heavy (non-hydrogen) atoms. The molecule has 0 amide bonds. The number of unbranched alkanes of at least 4 members (excludes halogenated alkanes) is 4. The molecule has 1 aromatic carbocycles. The van der Waals surface area contributed by atoms with E-state index in [1.807, 2.05) is 0 Å². The Morgan fingerprint density at radius 2 is 1.56 bits per heavy atom. The summed E-state index contributed by atoms with van der Waals surface area (Å²) in [6, 6.07) is 3.55. The highest BCUT2D eigenvalue weighted by atomic mass is 79.9. The lowest BCUT2D eigenvalue weighted by molar-refractivity contribution is -0.137. The van der Waals surface area contributed by atoms with E-state index in [4.69, 9.17) is 18.9 Å². The van der Waals surface area contributed by atoms with Gasteiger partial charge < -0.3 is 18.9 Å². The molecule has 140 valence electrons. The molecule has 0 unspecified atom stereocenters. The van der Waals surface area contributed by atoms with Crippen LogP contribution in [0.4, 0.5) is 0 Å². The first-order chi connectivity index (χ1) is 12.2. The Balaban J connectivity index is 2.50. The molecule has 0 radical (unpaired) electrons. The lowest BCUT2D eigenvalue weighted by Crippen LogP contribution is -2.02. The molecule has 0 saturated heterocycles. The molecule has 0 saturated carbocycles. The predicted molar refractivity (Wildman–Crippen MR) is 103 cm³/mol. The standard InChI is InChI=1S/C19H27BrO5/c1-22-16-13-15(14-17(23-2)19(16)24-3)9-10-18(21)25-12-8-6-4-5-7-11-20/h9-10,13-14H,4-8,11-12H2,1-3H3/b10-9+. The Morgan fingerprint density at radius 1 is 0.960 bits per heavy atom. The summed E-state index contributed by atoms with van der Waals surface area (Å²) in [6.07, 6.45) is 8.62. The van der Waals surface area contributed by atoms with Crippen LogP contribution in [0, 0.1) is 0 Å². The van der Waals surface area contributed by atoms with Gasteiger partial charge in [-0.15, -0.1) is 0 Å². The Kier molecular flexibility index (Phi) is 10.8. The lowest BCUT2D eigenvalue weighted by Gasteiger charge is -2.12. The van der Waals surface area contributed by atoms with Crippen LogP contribution in [0.1, 0.15) is 37.7 Å². The molecular formula is C19H27BrO5. The second kappa shape index (κ2) is 12.6. The molecule has 0 aliphatic carbocycles. The maximum atomic E-state index is 11.8. The van der Waals surface area contributed by atoms with Crippen molar-refractivity contribution in [3.05, 3.63) is 23.8 Å². The van der Waals surface area contributed by atoms with Crippen LogP contribution in [0.5, 0.6) is 17.2 Å². The van der Waals surface area contributed by atoms with Gasteiger partial charge in [-0.2, -0.15) is 0 Å². The summed E-state index contributed by atoms with van der Waals surface area (Å²) in [5.41, 5.74) is 0.765. The molecule has 0 spiro atoms. The summed E-state index contributed by atoms with van der Waals surface area (Å²) < 4.78 is 21.1. The van der Waals surface area contributed by atoms with Gasteiger partial charge in [-0.05, 0) is 36.6 Å². The van der Waals surface area contributed by atoms with Gasteiger partial charge in [0.1, 0.15) is 0 Å². The van der Waals surface area contributed by atoms with E-state index < -0.39 is 0 Å². The van der Waals surface area contributed by atoms with Crippen LogP contribution in [0.2, 0.25) is 0 Å². The van der Waals surface area contributed by atoms with Gasteiger partial charge in [0.25, 0.3) is 0 Å². The summed E-state index contributed by atoms with van der Waals surface area (Å²) in [5, 5.41) is 1.05. The van der Waals surface area contributed by atoms with Gasteiger partial charge in [-0.3, -0.25) is 0 Å². The van der Waals surface area contributed by atoms with Crippen LogP contribution in [0.3, 0.4) is 0 Å². The molecule has 5 nitrogen and oxygen atoms in total. The van der Waals surface area contributed by atoms with Crippen molar-refractivity contribution >= 4 is 28.0 Å². The van der Waals surface area contributed by atoms with Crippen molar-refractivity contribution < 1.29 is 23.7 Å². The summed E-state index contributed by atoms with van der Waals surface area (Å²) in [6.45, 7) is 0.451. The minimum Gasteiger partial charge on any atom is -0.493 e. The third kappa shape index (κ3) is 7.82. The molecule has 0 aromatic heterocycles. The summed E-state index contributed by atoms with van der Waals surface area (Å²) in [4.78, 5) is 11.8. The third-order valence-corrected chi connectivity index (χ3v) is 4.18. The topological polar surface area (TPSA) is 54.0 Å². The molecule has 0 fully saturated rings. The second-order valence-electron chi connectivity index (χ2n) is 5.42. The van der Waals surface area contributed by atoms with Crippen LogP contribution in [-0.4, -0.2) is 39.2 Å². The molecule has 0 N–H and O–H groups in total. The molecule has 1 aromatic rings. The van der Waals surface area contributed by atoms with Crippen molar-refractivity contribution in [3.63, 3.8) is 0 Å². The number of halogens is 1. The number of carbonyl (C=O) groups excluding carboxylic acids is 1. The normalized spacial score (nSPS) is 10.7. The van der Waals surface area contributed by atoms with Crippen LogP contribution >= 0.6 is 15.9 Å². The third-order valence-electron chi connectivity index (χ3n) is 3.62. The summed E-state index contributed by atoms with van der Waals surface area (Å²) in [5.74, 6) is 1.25. The van der Waals surface area contributed by atoms with E-state index in [1.165, 1.54) is 25.3 Å². The fraction of sp³-hybridized carbons (Fsp3) is 0.526. The van der Waals surface area contributed by atoms with Gasteiger partial charge in [0.15, 0.2) is 11.5 Å². The molecule has 0 aliphatic rings. The van der Waals surface area contributed by atoms with Gasteiger partial charge >= 0.3 is 5.97 Å². The first-order valence-electron chi connectivity index (χ1n) is 8.37. The Hall–Kier alpha value is -1.69. The monoisotopic (exact) mass is 414 g/mol. The average molecular weight is 415 g/mol. The van der Waals surface area contributed by atoms with Gasteiger partial charge in [0.05, 0.1) is 27.9 Å². The quantitative estimate of drug-likeness (QED) is 0.216. The summed E-state index contributed by atoms with van der Waals surface area (Å²) in [7, 11) is 4.65. The fourth-order valence-corrected chi connectivity index (χ4v) is 2.71. The van der Waals surface area contributed by atoms with E-state index in [9.17, 15) is 4.79 Å². The Morgan fingerprint density at radius 3 is 2.12 bits per heavy atom. The lowest BCUT2D eigenvalue weighted by atomic mass is 10.1. The number of rotatable bonds is 12. The first-order valence-corrected chi connectivity index (χ1v) is 9.49. The number of methoxy groups -OCH3 is 3. The van der Waals surface area contributed by atoms with E-state index in [1.54, 1.807) is 39.5 Å². The van der Waals surface area contributed by atoms with E-state index >= 15 is 0 Å². The largest absolute Gasteiger partial charge is 0.493 e. The van der Waals surface area contributed by atoms with Crippen LogP contribution in [-0.2, 0) is 9.53 Å². The van der Waals surface area contributed by atoms with Crippen molar-refractivity contribution in [1.29, 1.82) is 0 Å². The number of esters is 1. The maximum Gasteiger partial charge on any atom is 0.330 e. The van der Waals surface area contributed by atoms with Gasteiger partial charge in [-0.1, -0.05) is 35.2 Å². The number of alkyl halides is 1. The molecule has 6 heteroatoms. The highest BCUT2D eigenvalue weighted by Crippen LogP contribution is 2.38. The number of hydrogen-bond acceptors (Lipinski definition) is 5. The fourth-order valence-electron chi connectivity index (χ4n) is 2.31.